The number of hydrogen-bond acceptors (Lipinski definition) is 2. The molecule has 1 heterocycles. The maximum Gasteiger partial charge on any atom is 0.100 e. The monoisotopic (exact) mass is 377 g/mol. The summed E-state index contributed by atoms with van der Waals surface area (Å²) in [4.78, 5) is 7.03. The summed E-state index contributed by atoms with van der Waals surface area (Å²) >= 11 is 0. The second-order valence-electron chi connectivity index (χ2n) is 6.31. The molecule has 0 saturated carbocycles. The summed E-state index contributed by atoms with van der Waals surface area (Å²) in [7, 11) is 0. The summed E-state index contributed by atoms with van der Waals surface area (Å²) in [5, 5.41) is 0. The zero-order valence-electron chi connectivity index (χ0n) is 15.7. The summed E-state index contributed by atoms with van der Waals surface area (Å²) in [5.74, 6) is 0. The third kappa shape index (κ3) is 3.43. The Morgan fingerprint density at radius 3 is 2.26 bits per heavy atom. The molecule has 27 heavy (non-hydrogen) atoms. The summed E-state index contributed by atoms with van der Waals surface area (Å²) in [5.41, 5.74) is 7.01. The summed E-state index contributed by atoms with van der Waals surface area (Å²) in [6.07, 6.45) is 1.94. The molecular weight excluding hydrogens is 354 g/mol. The minimum absolute atomic E-state index is 0. The lowest BCUT2D eigenvalue weighted by atomic mass is 10.0. The smallest absolute Gasteiger partial charge is 0.100 e. The predicted molar refractivity (Wildman–Crippen MR) is 117 cm³/mol. The molecule has 4 rings (SSSR count). The zero-order valence-corrected chi connectivity index (χ0v) is 16.5. The van der Waals surface area contributed by atoms with Crippen molar-refractivity contribution in [1.29, 1.82) is 0 Å². The molecule has 0 atom stereocenters. The number of aromatic nitrogens is 2. The molecule has 138 valence electrons. The molecule has 0 aliphatic carbocycles. The van der Waals surface area contributed by atoms with Gasteiger partial charge in [0.2, 0.25) is 0 Å². The van der Waals surface area contributed by atoms with E-state index in [1.807, 2.05) is 12.4 Å². The van der Waals surface area contributed by atoms with Gasteiger partial charge in [0, 0.05) is 18.7 Å². The number of anilines is 1. The molecule has 0 saturated heterocycles. The maximum atomic E-state index is 4.63. The van der Waals surface area contributed by atoms with E-state index in [1.165, 1.54) is 22.5 Å². The topological polar surface area (TPSA) is 21.1 Å². The van der Waals surface area contributed by atoms with E-state index in [4.69, 9.17) is 0 Å². The number of fused-ring (bicyclic) bond motifs is 1. The lowest BCUT2D eigenvalue weighted by Gasteiger charge is -2.26. The van der Waals surface area contributed by atoms with E-state index in [1.54, 1.807) is 0 Å². The fraction of sp³-hybridized carbons (Fsp3) is 0.174. The minimum Gasteiger partial charge on any atom is -0.370 e. The van der Waals surface area contributed by atoms with Crippen molar-refractivity contribution < 1.29 is 0 Å². The van der Waals surface area contributed by atoms with Gasteiger partial charge in [-0.3, -0.25) is 4.57 Å². The molecule has 4 heteroatoms. The van der Waals surface area contributed by atoms with Crippen molar-refractivity contribution >= 4 is 29.1 Å². The van der Waals surface area contributed by atoms with E-state index in [2.05, 4.69) is 95.0 Å². The van der Waals surface area contributed by atoms with E-state index >= 15 is 0 Å². The highest BCUT2D eigenvalue weighted by Gasteiger charge is 2.17. The minimum atomic E-state index is 0. The Morgan fingerprint density at radius 2 is 1.52 bits per heavy atom. The highest BCUT2D eigenvalue weighted by molar-refractivity contribution is 5.87. The molecule has 3 aromatic carbocycles. The van der Waals surface area contributed by atoms with Gasteiger partial charge in [-0.05, 0) is 37.6 Å². The van der Waals surface area contributed by atoms with Crippen LogP contribution in [0.1, 0.15) is 13.8 Å². The largest absolute Gasteiger partial charge is 0.370 e. The molecule has 4 aromatic rings. The number of benzene rings is 3. The number of halogens is 1. The second kappa shape index (κ2) is 8.28. The molecule has 0 fully saturated rings. The quantitative estimate of drug-likeness (QED) is 0.427. The average molecular weight is 378 g/mol. The van der Waals surface area contributed by atoms with Crippen LogP contribution in [0.15, 0.2) is 79.1 Å². The van der Waals surface area contributed by atoms with Crippen LogP contribution < -0.4 is 4.90 Å². The van der Waals surface area contributed by atoms with Gasteiger partial charge in [0.25, 0.3) is 0 Å². The van der Waals surface area contributed by atoms with Gasteiger partial charge in [0.05, 0.1) is 22.4 Å². The molecule has 0 N–H and O–H groups in total. The van der Waals surface area contributed by atoms with Crippen molar-refractivity contribution in [3.8, 4) is 16.8 Å². The Balaban J connectivity index is 0.00000210. The molecule has 0 amide bonds. The Morgan fingerprint density at radius 1 is 0.815 bits per heavy atom. The van der Waals surface area contributed by atoms with Crippen LogP contribution in [0.25, 0.3) is 27.8 Å². The summed E-state index contributed by atoms with van der Waals surface area (Å²) < 4.78 is 2.23. The van der Waals surface area contributed by atoms with Crippen LogP contribution in [-0.4, -0.2) is 22.6 Å². The van der Waals surface area contributed by atoms with E-state index in [0.717, 1.165) is 24.1 Å². The molecule has 0 spiro atoms. The number of rotatable bonds is 5. The zero-order chi connectivity index (χ0) is 17.9. The van der Waals surface area contributed by atoms with Crippen molar-refractivity contribution in [3.63, 3.8) is 0 Å². The molecule has 0 aliphatic rings. The molecule has 1 aromatic heterocycles. The SMILES string of the molecule is CCN(CC)c1cccc(-c2ccccc2)c1-n1cnc2ccccc21.Cl. The van der Waals surface area contributed by atoms with Crippen LogP contribution in [0, 0.1) is 0 Å². The van der Waals surface area contributed by atoms with Crippen LogP contribution in [0.3, 0.4) is 0 Å². The number of imidazole rings is 1. The Kier molecular flexibility index (Phi) is 5.82. The van der Waals surface area contributed by atoms with Crippen LogP contribution in [-0.2, 0) is 0 Å². The Labute approximate surface area is 166 Å². The fourth-order valence-corrected chi connectivity index (χ4v) is 3.59. The van der Waals surface area contributed by atoms with Crippen molar-refractivity contribution in [1.82, 2.24) is 9.55 Å². The molecule has 0 unspecified atom stereocenters. The number of para-hydroxylation sites is 3. The standard InChI is InChI=1S/C23H23N3.ClH/c1-3-25(4-2)22-16-10-13-19(18-11-6-5-7-12-18)23(22)26-17-24-20-14-8-9-15-21(20)26;/h5-17H,3-4H2,1-2H3;1H. The van der Waals surface area contributed by atoms with Gasteiger partial charge in [0.15, 0.2) is 0 Å². The average Bonchev–Trinajstić information content (AvgIpc) is 3.13. The van der Waals surface area contributed by atoms with Crippen molar-refractivity contribution in [2.24, 2.45) is 0 Å². The fourth-order valence-electron chi connectivity index (χ4n) is 3.59. The first-order chi connectivity index (χ1) is 12.8. The highest BCUT2D eigenvalue weighted by Crippen LogP contribution is 2.36. The normalized spacial score (nSPS) is 10.6. The van der Waals surface area contributed by atoms with Crippen molar-refractivity contribution in [3.05, 3.63) is 79.1 Å². The van der Waals surface area contributed by atoms with Gasteiger partial charge >= 0.3 is 0 Å². The Hall–Kier alpha value is -2.78. The molecule has 3 nitrogen and oxygen atoms in total. The van der Waals surface area contributed by atoms with E-state index < -0.39 is 0 Å². The molecule has 0 bridgehead atoms. The van der Waals surface area contributed by atoms with E-state index in [9.17, 15) is 0 Å². The van der Waals surface area contributed by atoms with Gasteiger partial charge in [-0.2, -0.15) is 0 Å². The van der Waals surface area contributed by atoms with Crippen LogP contribution in [0.2, 0.25) is 0 Å². The number of nitrogens with zero attached hydrogens (tertiary/aromatic N) is 3. The van der Waals surface area contributed by atoms with Crippen LogP contribution in [0.5, 0.6) is 0 Å². The lowest BCUT2D eigenvalue weighted by Crippen LogP contribution is -2.23. The first-order valence-electron chi connectivity index (χ1n) is 9.19. The van der Waals surface area contributed by atoms with Crippen molar-refractivity contribution in [2.75, 3.05) is 18.0 Å². The van der Waals surface area contributed by atoms with Gasteiger partial charge < -0.3 is 4.90 Å². The first-order valence-corrected chi connectivity index (χ1v) is 9.19. The van der Waals surface area contributed by atoms with Crippen molar-refractivity contribution in [2.45, 2.75) is 13.8 Å². The first kappa shape index (κ1) is 19.0. The third-order valence-electron chi connectivity index (χ3n) is 4.90. The molecule has 0 radical (unpaired) electrons. The van der Waals surface area contributed by atoms with E-state index in [0.29, 0.717) is 0 Å². The van der Waals surface area contributed by atoms with Gasteiger partial charge in [-0.15, -0.1) is 12.4 Å². The predicted octanol–water partition coefficient (Wildman–Crippen LogP) is 5.96. The Bertz CT molecular complexity index is 1020. The summed E-state index contributed by atoms with van der Waals surface area (Å²) in [6, 6.07) is 25.5. The summed E-state index contributed by atoms with van der Waals surface area (Å²) in [6.45, 7) is 6.34. The van der Waals surface area contributed by atoms with E-state index in [-0.39, 0.29) is 12.4 Å². The number of hydrogen-bond donors (Lipinski definition) is 0. The van der Waals surface area contributed by atoms with Gasteiger partial charge in [-0.1, -0.05) is 54.6 Å². The molecular formula is C23H24ClN3. The third-order valence-corrected chi connectivity index (χ3v) is 4.90. The molecule has 0 aliphatic heterocycles. The second-order valence-corrected chi connectivity index (χ2v) is 6.31. The van der Waals surface area contributed by atoms with Gasteiger partial charge in [0.1, 0.15) is 6.33 Å². The lowest BCUT2D eigenvalue weighted by molar-refractivity contribution is 0.859. The van der Waals surface area contributed by atoms with Crippen LogP contribution in [0.4, 0.5) is 5.69 Å². The van der Waals surface area contributed by atoms with Crippen LogP contribution >= 0.6 is 12.4 Å². The highest BCUT2D eigenvalue weighted by atomic mass is 35.5. The maximum absolute atomic E-state index is 4.63. The van der Waals surface area contributed by atoms with Gasteiger partial charge in [-0.25, -0.2) is 4.98 Å².